The third-order valence-electron chi connectivity index (χ3n) is 15.3. The second-order valence-corrected chi connectivity index (χ2v) is 26.1. The summed E-state index contributed by atoms with van der Waals surface area (Å²) >= 11 is 0. The Bertz CT molecular complexity index is 1700. The van der Waals surface area contributed by atoms with Gasteiger partial charge in [-0.15, -0.1) is 0 Å². The summed E-state index contributed by atoms with van der Waals surface area (Å²) in [6.07, 6.45) is 82.9. The molecule has 3 unspecified atom stereocenters. The first-order valence-corrected chi connectivity index (χ1v) is 36.4. The minimum Gasteiger partial charge on any atom is -0.756 e. The number of carbonyl (C=O) groups excluding carboxylic acids is 2. The summed E-state index contributed by atoms with van der Waals surface area (Å²) in [5.41, 5.74) is 0. The molecule has 0 rings (SSSR count). The second-order valence-electron chi connectivity index (χ2n) is 24.7. The minimum absolute atomic E-state index is 0.0308. The summed E-state index contributed by atoms with van der Waals surface area (Å²) in [7, 11) is 1.16. The fraction of sp³-hybridized carbons (Fsp3) is 0.781. The van der Waals surface area contributed by atoms with Gasteiger partial charge in [-0.2, -0.15) is 0 Å². The molecule has 0 bridgehead atoms. The van der Waals surface area contributed by atoms with Crippen LogP contribution in [0.5, 0.6) is 0 Å². The number of nitrogens with one attached hydrogen (secondary N) is 1. The van der Waals surface area contributed by atoms with Gasteiger partial charge in [-0.1, -0.05) is 280 Å². The molecule has 0 spiro atoms. The van der Waals surface area contributed by atoms with E-state index in [1.54, 1.807) is 0 Å². The largest absolute Gasteiger partial charge is 0.756 e. The Balaban J connectivity index is 5.04. The monoisotopic (exact) mass is 1180 g/mol. The van der Waals surface area contributed by atoms with Crippen molar-refractivity contribution in [3.8, 4) is 0 Å². The lowest BCUT2D eigenvalue weighted by Gasteiger charge is -2.30. The summed E-state index contributed by atoms with van der Waals surface area (Å²) in [5, 5.41) is 3.02. The maximum Gasteiger partial charge on any atom is 0.306 e. The number of unbranched alkanes of at least 4 members (excludes halogenated alkanes) is 35. The van der Waals surface area contributed by atoms with Crippen molar-refractivity contribution in [1.82, 2.24) is 5.32 Å². The number of phosphoric ester groups is 1. The van der Waals surface area contributed by atoms with Gasteiger partial charge in [-0.3, -0.25) is 14.2 Å². The van der Waals surface area contributed by atoms with E-state index in [4.69, 9.17) is 13.8 Å². The van der Waals surface area contributed by atoms with E-state index in [9.17, 15) is 19.0 Å². The van der Waals surface area contributed by atoms with E-state index >= 15 is 0 Å². The van der Waals surface area contributed by atoms with Crippen LogP contribution < -0.4 is 10.2 Å². The summed E-state index contributed by atoms with van der Waals surface area (Å²) in [6, 6.07) is -0.908. The van der Waals surface area contributed by atoms with Crippen molar-refractivity contribution in [2.24, 2.45) is 0 Å². The Labute approximate surface area is 514 Å². The highest BCUT2D eigenvalue weighted by Gasteiger charge is 2.27. The number of rotatable bonds is 63. The number of allylic oxidation sites excluding steroid dienone is 13. The van der Waals surface area contributed by atoms with Crippen LogP contribution in [0.2, 0.25) is 0 Å². The molecular weight excluding hydrogens is 1050 g/mol. The number of ether oxygens (including phenoxy) is 1. The zero-order chi connectivity index (χ0) is 60.7. The Morgan fingerprint density at radius 2 is 0.735 bits per heavy atom. The lowest BCUT2D eigenvalue weighted by Crippen LogP contribution is -2.47. The second kappa shape index (κ2) is 62.2. The van der Waals surface area contributed by atoms with Crippen LogP contribution in [0.4, 0.5) is 0 Å². The first-order chi connectivity index (χ1) is 40.4. The molecule has 0 fully saturated rings. The third-order valence-corrected chi connectivity index (χ3v) is 16.3. The molecule has 0 aromatic rings. The topological polar surface area (TPSA) is 114 Å². The molecule has 0 aromatic heterocycles. The van der Waals surface area contributed by atoms with Crippen LogP contribution in [0.3, 0.4) is 0 Å². The van der Waals surface area contributed by atoms with Gasteiger partial charge in [0, 0.05) is 12.8 Å². The first-order valence-electron chi connectivity index (χ1n) is 34.9. The number of hydrogen-bond acceptors (Lipinski definition) is 7. The molecule has 9 nitrogen and oxygen atoms in total. The van der Waals surface area contributed by atoms with Gasteiger partial charge in [-0.05, 0) is 109 Å². The maximum atomic E-state index is 13.6. The number of amides is 1. The van der Waals surface area contributed by atoms with Crippen molar-refractivity contribution in [3.63, 3.8) is 0 Å². The lowest BCUT2D eigenvalue weighted by molar-refractivity contribution is -0.870. The molecule has 0 saturated carbocycles. The SMILES string of the molecule is CCCCC/C=C\C/C=C\C/C=C\C/C=C\CCCCCC(=O)NC(COP(=O)([O-])OCC[N+](C)(C)C)C(/C=C\CCCCCCCCCCC)OC(=O)CCCCCCCCCCCCCCCCCCC/C=C\C/C=C\CCCCC. The van der Waals surface area contributed by atoms with Crippen LogP contribution in [-0.2, 0) is 27.9 Å². The number of esters is 1. The highest BCUT2D eigenvalue weighted by atomic mass is 31.2. The number of carbonyl (C=O) groups is 2. The molecule has 0 radical (unpaired) electrons. The van der Waals surface area contributed by atoms with E-state index < -0.39 is 26.6 Å². The highest BCUT2D eigenvalue weighted by Crippen LogP contribution is 2.38. The van der Waals surface area contributed by atoms with E-state index in [-0.39, 0.29) is 31.3 Å². The Morgan fingerprint density at radius 1 is 0.422 bits per heavy atom. The van der Waals surface area contributed by atoms with Crippen molar-refractivity contribution in [3.05, 3.63) is 85.1 Å². The standard InChI is InChI=1S/C73H133N2O7P/c1-7-10-13-16-19-22-25-27-29-31-33-34-35-36-37-38-39-40-42-44-46-48-51-54-57-60-63-66-73(77)82-71(64-61-58-55-52-49-24-21-18-15-12-9-3)70(69-81-83(78,79)80-68-67-75(4,5)6)74-72(76)65-62-59-56-53-50-47-45-43-41-32-30-28-26-23-20-17-14-11-8-2/h19-20,22-23,27-30,41,43,47,50,61,64,70-71H,7-18,21,24-26,31-40,42,44-46,48-49,51-60,62-63,65-69H2,1-6H3,(H-,74,76,78,79)/b22-19-,23-20-,29-27-,30-28-,43-41-,50-47-,64-61-. The number of phosphoric acid groups is 1. The molecule has 0 saturated heterocycles. The zero-order valence-electron chi connectivity index (χ0n) is 55.1. The quantitative estimate of drug-likeness (QED) is 0.0212. The van der Waals surface area contributed by atoms with Gasteiger partial charge in [-0.25, -0.2) is 0 Å². The first kappa shape index (κ1) is 80.2. The van der Waals surface area contributed by atoms with Crippen molar-refractivity contribution in [2.75, 3.05) is 40.9 Å². The molecule has 482 valence electrons. The Hall–Kier alpha value is -2.81. The molecule has 1 amide bonds. The lowest BCUT2D eigenvalue weighted by atomic mass is 10.0. The van der Waals surface area contributed by atoms with Crippen molar-refractivity contribution in [1.29, 1.82) is 0 Å². The van der Waals surface area contributed by atoms with Gasteiger partial charge in [0.05, 0.1) is 33.8 Å². The van der Waals surface area contributed by atoms with Crippen molar-refractivity contribution >= 4 is 19.7 Å². The molecule has 10 heteroatoms. The van der Waals surface area contributed by atoms with Crippen LogP contribution >= 0.6 is 7.82 Å². The van der Waals surface area contributed by atoms with E-state index in [0.29, 0.717) is 17.4 Å². The molecule has 0 aromatic carbocycles. The van der Waals surface area contributed by atoms with E-state index in [1.165, 1.54) is 193 Å². The van der Waals surface area contributed by atoms with Gasteiger partial charge >= 0.3 is 5.97 Å². The smallest absolute Gasteiger partial charge is 0.306 e. The number of likely N-dealkylation sites (N-methyl/N-ethyl adjacent to an activating group) is 1. The predicted octanol–water partition coefficient (Wildman–Crippen LogP) is 21.5. The normalized spacial score (nSPS) is 14.1. The van der Waals surface area contributed by atoms with Crippen molar-refractivity contribution in [2.45, 2.75) is 328 Å². The van der Waals surface area contributed by atoms with Crippen LogP contribution in [0.25, 0.3) is 0 Å². The van der Waals surface area contributed by atoms with Crippen LogP contribution in [0.1, 0.15) is 316 Å². The van der Waals surface area contributed by atoms with Crippen LogP contribution in [0, 0.1) is 0 Å². The summed E-state index contributed by atoms with van der Waals surface area (Å²) in [4.78, 5) is 40.1. The highest BCUT2D eigenvalue weighted by molar-refractivity contribution is 7.45. The fourth-order valence-corrected chi connectivity index (χ4v) is 10.6. The van der Waals surface area contributed by atoms with Gasteiger partial charge in [0.15, 0.2) is 0 Å². The van der Waals surface area contributed by atoms with Gasteiger partial charge < -0.3 is 28.5 Å². The maximum absolute atomic E-state index is 13.6. The molecule has 1 N–H and O–H groups in total. The zero-order valence-corrected chi connectivity index (χ0v) is 56.0. The van der Waals surface area contributed by atoms with Crippen molar-refractivity contribution < 1.29 is 37.3 Å². The number of hydrogen-bond donors (Lipinski definition) is 1. The molecule has 0 heterocycles. The number of nitrogens with zero attached hydrogens (tertiary/aromatic N) is 1. The van der Waals surface area contributed by atoms with Gasteiger partial charge in [0.1, 0.15) is 19.3 Å². The van der Waals surface area contributed by atoms with Gasteiger partial charge in [0.2, 0.25) is 5.91 Å². The molecule has 3 atom stereocenters. The summed E-state index contributed by atoms with van der Waals surface area (Å²) in [5.74, 6) is -0.571. The van der Waals surface area contributed by atoms with E-state index in [0.717, 1.165) is 83.5 Å². The summed E-state index contributed by atoms with van der Waals surface area (Å²) in [6.45, 7) is 6.78. The Kier molecular flexibility index (Phi) is 60.1. The molecule has 0 aliphatic heterocycles. The molecule has 0 aliphatic carbocycles. The third kappa shape index (κ3) is 63.5. The summed E-state index contributed by atoms with van der Waals surface area (Å²) < 4.78 is 30.4. The van der Waals surface area contributed by atoms with Crippen LogP contribution in [0.15, 0.2) is 85.1 Å². The Morgan fingerprint density at radius 3 is 1.13 bits per heavy atom. The molecule has 0 aliphatic rings. The predicted molar refractivity (Wildman–Crippen MR) is 358 cm³/mol. The number of quaternary nitrogens is 1. The molecule has 83 heavy (non-hydrogen) atoms. The van der Waals surface area contributed by atoms with Crippen LogP contribution in [-0.4, -0.2) is 69.4 Å². The van der Waals surface area contributed by atoms with E-state index in [1.807, 2.05) is 33.3 Å². The van der Waals surface area contributed by atoms with Gasteiger partial charge in [0.25, 0.3) is 7.82 Å². The average Bonchev–Trinajstić information content (AvgIpc) is 3.52. The van der Waals surface area contributed by atoms with E-state index in [2.05, 4.69) is 99.0 Å². The fourth-order valence-electron chi connectivity index (χ4n) is 9.89. The molecular formula is C73H133N2O7P. The average molecular weight is 1180 g/mol. The minimum atomic E-state index is -4.71.